The van der Waals surface area contributed by atoms with Crippen LogP contribution in [-0.4, -0.2) is 0 Å². The molecule has 1 aromatic rings. The summed E-state index contributed by atoms with van der Waals surface area (Å²) >= 11 is 6.75. The first-order valence-corrected chi connectivity index (χ1v) is 5.39. The molecule has 1 aromatic carbocycles. The first-order chi connectivity index (χ1) is 5.77. The zero-order valence-corrected chi connectivity index (χ0v) is 9.52. The van der Waals surface area contributed by atoms with Crippen molar-refractivity contribution in [1.29, 1.82) is 5.26 Å². The fraction of sp³-hybridized carbons (Fsp3) is 0.222. The SMILES string of the molecule is N#CCc1cc(Br)ccc1CBr. The summed E-state index contributed by atoms with van der Waals surface area (Å²) in [4.78, 5) is 0. The normalized spacial score (nSPS) is 9.42. The molecule has 0 heterocycles. The molecule has 62 valence electrons. The predicted molar refractivity (Wildman–Crippen MR) is 56.1 cm³/mol. The summed E-state index contributed by atoms with van der Waals surface area (Å²) in [7, 11) is 0. The molecule has 0 aromatic heterocycles. The van der Waals surface area contributed by atoms with Gasteiger partial charge in [-0.3, -0.25) is 0 Å². The molecule has 0 saturated carbocycles. The first kappa shape index (κ1) is 9.76. The van der Waals surface area contributed by atoms with Crippen LogP contribution in [0.3, 0.4) is 0 Å². The van der Waals surface area contributed by atoms with Gasteiger partial charge in [-0.05, 0) is 23.3 Å². The summed E-state index contributed by atoms with van der Waals surface area (Å²) in [5.74, 6) is 0. The average Bonchev–Trinajstić information content (AvgIpc) is 2.05. The van der Waals surface area contributed by atoms with Gasteiger partial charge in [0.1, 0.15) is 0 Å². The topological polar surface area (TPSA) is 23.8 Å². The molecular formula is C9H7Br2N. The summed E-state index contributed by atoms with van der Waals surface area (Å²) in [6, 6.07) is 8.13. The number of nitriles is 1. The zero-order chi connectivity index (χ0) is 8.97. The van der Waals surface area contributed by atoms with Gasteiger partial charge >= 0.3 is 0 Å². The maximum absolute atomic E-state index is 8.55. The summed E-state index contributed by atoms with van der Waals surface area (Å²) in [6.45, 7) is 0. The highest BCUT2D eigenvalue weighted by Crippen LogP contribution is 2.19. The van der Waals surface area contributed by atoms with E-state index in [1.807, 2.05) is 18.2 Å². The van der Waals surface area contributed by atoms with E-state index in [0.717, 1.165) is 15.4 Å². The lowest BCUT2D eigenvalue weighted by Gasteiger charge is -2.02. The lowest BCUT2D eigenvalue weighted by molar-refractivity contribution is 1.20. The zero-order valence-electron chi connectivity index (χ0n) is 6.35. The van der Waals surface area contributed by atoms with Gasteiger partial charge < -0.3 is 0 Å². The predicted octanol–water partition coefficient (Wildman–Crippen LogP) is 3.41. The van der Waals surface area contributed by atoms with E-state index in [0.29, 0.717) is 6.42 Å². The minimum atomic E-state index is 0.473. The molecule has 0 atom stereocenters. The lowest BCUT2D eigenvalue weighted by Crippen LogP contribution is -1.89. The maximum atomic E-state index is 8.55. The maximum Gasteiger partial charge on any atom is 0.0669 e. The molecule has 0 unspecified atom stereocenters. The van der Waals surface area contributed by atoms with E-state index in [9.17, 15) is 0 Å². The molecule has 0 fully saturated rings. The van der Waals surface area contributed by atoms with Crippen LogP contribution in [-0.2, 0) is 11.8 Å². The van der Waals surface area contributed by atoms with Crippen molar-refractivity contribution in [3.05, 3.63) is 33.8 Å². The monoisotopic (exact) mass is 287 g/mol. The van der Waals surface area contributed by atoms with E-state index in [-0.39, 0.29) is 0 Å². The molecule has 0 radical (unpaired) electrons. The van der Waals surface area contributed by atoms with Gasteiger partial charge in [0, 0.05) is 9.80 Å². The van der Waals surface area contributed by atoms with Crippen molar-refractivity contribution in [3.63, 3.8) is 0 Å². The van der Waals surface area contributed by atoms with E-state index in [1.165, 1.54) is 5.56 Å². The minimum Gasteiger partial charge on any atom is -0.198 e. The third-order valence-corrected chi connectivity index (χ3v) is 2.68. The second kappa shape index (κ2) is 4.64. The lowest BCUT2D eigenvalue weighted by atomic mass is 10.1. The van der Waals surface area contributed by atoms with Crippen molar-refractivity contribution in [2.24, 2.45) is 0 Å². The van der Waals surface area contributed by atoms with Crippen LogP contribution in [0.1, 0.15) is 11.1 Å². The van der Waals surface area contributed by atoms with Gasteiger partial charge in [0.2, 0.25) is 0 Å². The average molecular weight is 289 g/mol. The van der Waals surface area contributed by atoms with Gasteiger partial charge in [0.25, 0.3) is 0 Å². The quantitative estimate of drug-likeness (QED) is 0.765. The Morgan fingerprint density at radius 3 is 2.67 bits per heavy atom. The van der Waals surface area contributed by atoms with E-state index in [4.69, 9.17) is 5.26 Å². The number of hydrogen-bond donors (Lipinski definition) is 0. The standard InChI is InChI=1S/C9H7Br2N/c10-6-8-1-2-9(11)5-7(8)3-4-12/h1-2,5H,3,6H2. The molecule has 0 aliphatic carbocycles. The van der Waals surface area contributed by atoms with Crippen LogP contribution in [0.15, 0.2) is 22.7 Å². The molecule has 3 heteroatoms. The second-order valence-electron chi connectivity index (χ2n) is 2.38. The van der Waals surface area contributed by atoms with Crippen molar-refractivity contribution in [1.82, 2.24) is 0 Å². The first-order valence-electron chi connectivity index (χ1n) is 3.48. The number of halogens is 2. The molecule has 0 bridgehead atoms. The highest BCUT2D eigenvalue weighted by Gasteiger charge is 2.00. The Kier molecular flexibility index (Phi) is 3.77. The van der Waals surface area contributed by atoms with Gasteiger partial charge in [-0.25, -0.2) is 0 Å². The largest absolute Gasteiger partial charge is 0.198 e. The molecule has 0 saturated heterocycles. The van der Waals surface area contributed by atoms with Crippen LogP contribution in [0, 0.1) is 11.3 Å². The van der Waals surface area contributed by atoms with Crippen LogP contribution < -0.4 is 0 Å². The minimum absolute atomic E-state index is 0.473. The Balaban J connectivity index is 3.05. The van der Waals surface area contributed by atoms with Crippen LogP contribution in [0.5, 0.6) is 0 Å². The van der Waals surface area contributed by atoms with Crippen LogP contribution in [0.25, 0.3) is 0 Å². The highest BCUT2D eigenvalue weighted by atomic mass is 79.9. The van der Waals surface area contributed by atoms with Gasteiger partial charge in [-0.15, -0.1) is 0 Å². The van der Waals surface area contributed by atoms with E-state index in [1.54, 1.807) is 0 Å². The van der Waals surface area contributed by atoms with Crippen LogP contribution >= 0.6 is 31.9 Å². The Bertz CT molecular complexity index is 315. The Labute approximate surface area is 88.7 Å². The summed E-state index contributed by atoms with van der Waals surface area (Å²) in [5, 5.41) is 9.35. The number of alkyl halides is 1. The van der Waals surface area contributed by atoms with Crippen molar-refractivity contribution in [2.45, 2.75) is 11.8 Å². The molecule has 1 rings (SSSR count). The van der Waals surface area contributed by atoms with Crippen molar-refractivity contribution >= 4 is 31.9 Å². The Morgan fingerprint density at radius 2 is 2.08 bits per heavy atom. The molecule has 0 aliphatic heterocycles. The van der Waals surface area contributed by atoms with Crippen LogP contribution in [0.2, 0.25) is 0 Å². The summed E-state index contributed by atoms with van der Waals surface area (Å²) < 4.78 is 1.03. The van der Waals surface area contributed by atoms with Gasteiger partial charge in [-0.2, -0.15) is 5.26 Å². The molecule has 12 heavy (non-hydrogen) atoms. The summed E-state index contributed by atoms with van der Waals surface area (Å²) in [6.07, 6.45) is 0.473. The number of hydrogen-bond acceptors (Lipinski definition) is 1. The number of benzene rings is 1. The molecular weight excluding hydrogens is 282 g/mol. The smallest absolute Gasteiger partial charge is 0.0669 e. The molecule has 1 nitrogen and oxygen atoms in total. The third-order valence-electron chi connectivity index (χ3n) is 1.58. The second-order valence-corrected chi connectivity index (χ2v) is 3.86. The molecule has 0 spiro atoms. The summed E-state index contributed by atoms with van der Waals surface area (Å²) in [5.41, 5.74) is 2.27. The molecule has 0 N–H and O–H groups in total. The van der Waals surface area contributed by atoms with Crippen molar-refractivity contribution < 1.29 is 0 Å². The number of nitrogens with zero attached hydrogens (tertiary/aromatic N) is 1. The van der Waals surface area contributed by atoms with E-state index in [2.05, 4.69) is 37.9 Å². The Morgan fingerprint density at radius 1 is 1.33 bits per heavy atom. The Hall–Kier alpha value is -0.330. The highest BCUT2D eigenvalue weighted by molar-refractivity contribution is 9.10. The van der Waals surface area contributed by atoms with Crippen molar-refractivity contribution in [2.75, 3.05) is 0 Å². The molecule has 0 aliphatic rings. The third kappa shape index (κ3) is 2.33. The fourth-order valence-electron chi connectivity index (χ4n) is 0.975. The van der Waals surface area contributed by atoms with Crippen LogP contribution in [0.4, 0.5) is 0 Å². The van der Waals surface area contributed by atoms with E-state index >= 15 is 0 Å². The molecule has 0 amide bonds. The van der Waals surface area contributed by atoms with E-state index < -0.39 is 0 Å². The number of rotatable bonds is 2. The van der Waals surface area contributed by atoms with Gasteiger partial charge in [0.15, 0.2) is 0 Å². The van der Waals surface area contributed by atoms with Gasteiger partial charge in [-0.1, -0.05) is 37.9 Å². The van der Waals surface area contributed by atoms with Crippen molar-refractivity contribution in [3.8, 4) is 6.07 Å². The van der Waals surface area contributed by atoms with Gasteiger partial charge in [0.05, 0.1) is 12.5 Å². The fourth-order valence-corrected chi connectivity index (χ4v) is 1.93.